The van der Waals surface area contributed by atoms with Crippen molar-refractivity contribution < 1.29 is 24.2 Å². The summed E-state index contributed by atoms with van der Waals surface area (Å²) in [5.41, 5.74) is 2.49. The smallest absolute Gasteiger partial charge is 0.312 e. The number of esters is 1. The summed E-state index contributed by atoms with van der Waals surface area (Å²) in [6, 6.07) is 18.3. The highest BCUT2D eigenvalue weighted by atomic mass is 16.5. The Labute approximate surface area is 192 Å². The van der Waals surface area contributed by atoms with Crippen LogP contribution in [-0.2, 0) is 4.79 Å². The highest BCUT2D eigenvalue weighted by Gasteiger charge is 2.33. The van der Waals surface area contributed by atoms with Crippen molar-refractivity contribution in [1.82, 2.24) is 4.98 Å². The van der Waals surface area contributed by atoms with Crippen molar-refractivity contribution in [2.75, 3.05) is 0 Å². The van der Waals surface area contributed by atoms with Crippen LogP contribution in [0.3, 0.4) is 0 Å². The van der Waals surface area contributed by atoms with Crippen LogP contribution in [0.4, 0.5) is 0 Å². The molecule has 3 heterocycles. The molecule has 0 bridgehead atoms. The van der Waals surface area contributed by atoms with E-state index in [0.717, 1.165) is 16.5 Å². The molecular formula is C27H17NO6. The first-order valence-corrected chi connectivity index (χ1v) is 10.7. The van der Waals surface area contributed by atoms with Crippen molar-refractivity contribution in [3.63, 3.8) is 0 Å². The van der Waals surface area contributed by atoms with E-state index in [0.29, 0.717) is 11.1 Å². The molecule has 7 heteroatoms. The minimum absolute atomic E-state index is 0.0201. The summed E-state index contributed by atoms with van der Waals surface area (Å²) >= 11 is 0. The number of aromatic nitrogens is 1. The van der Waals surface area contributed by atoms with Gasteiger partial charge < -0.3 is 19.4 Å². The zero-order valence-electron chi connectivity index (χ0n) is 17.7. The van der Waals surface area contributed by atoms with Gasteiger partial charge in [-0.2, -0.15) is 0 Å². The third-order valence-electron chi connectivity index (χ3n) is 6.11. The van der Waals surface area contributed by atoms with E-state index in [-0.39, 0.29) is 40.4 Å². The van der Waals surface area contributed by atoms with Gasteiger partial charge in [0.1, 0.15) is 34.0 Å². The Morgan fingerprint density at radius 3 is 2.59 bits per heavy atom. The Kier molecular flexibility index (Phi) is 4.38. The molecule has 2 N–H and O–H groups in total. The summed E-state index contributed by atoms with van der Waals surface area (Å²) in [5, 5.41) is 21.1. The van der Waals surface area contributed by atoms with Crippen molar-refractivity contribution in [3.05, 3.63) is 94.3 Å². The van der Waals surface area contributed by atoms with Gasteiger partial charge in [0, 0.05) is 40.8 Å². The number of carbonyl (C=O) groups is 1. The molecule has 5 aromatic rings. The van der Waals surface area contributed by atoms with E-state index in [1.165, 1.54) is 24.3 Å². The molecule has 166 valence electrons. The summed E-state index contributed by atoms with van der Waals surface area (Å²) in [4.78, 5) is 29.9. The van der Waals surface area contributed by atoms with Crippen LogP contribution in [0.25, 0.3) is 33.2 Å². The molecule has 3 aromatic carbocycles. The lowest BCUT2D eigenvalue weighted by molar-refractivity contribution is -0.135. The molecule has 0 saturated carbocycles. The van der Waals surface area contributed by atoms with Crippen LogP contribution in [0.5, 0.6) is 17.2 Å². The molecule has 0 amide bonds. The highest BCUT2D eigenvalue weighted by molar-refractivity contribution is 5.93. The van der Waals surface area contributed by atoms with Gasteiger partial charge in [-0.05, 0) is 48.0 Å². The minimum Gasteiger partial charge on any atom is -0.508 e. The molecule has 6 rings (SSSR count). The molecular weight excluding hydrogens is 434 g/mol. The Hall–Kier alpha value is -4.65. The summed E-state index contributed by atoms with van der Waals surface area (Å²) in [5.74, 6) is -0.718. The highest BCUT2D eigenvalue weighted by Crippen LogP contribution is 2.46. The normalized spacial score (nSPS) is 15.3. The molecule has 0 spiro atoms. The summed E-state index contributed by atoms with van der Waals surface area (Å²) in [6.45, 7) is 0. The molecule has 1 atom stereocenters. The van der Waals surface area contributed by atoms with Crippen LogP contribution >= 0.6 is 0 Å². The average Bonchev–Trinajstić information content (AvgIpc) is 2.83. The largest absolute Gasteiger partial charge is 0.508 e. The lowest BCUT2D eigenvalue weighted by Crippen LogP contribution is -2.22. The molecule has 0 fully saturated rings. The second-order valence-electron chi connectivity index (χ2n) is 8.22. The number of nitrogens with zero attached hydrogens (tertiary/aromatic N) is 1. The standard InChI is InChI=1S/C27H17NO6/c29-17-6-3-14(4-7-17)22-12-20(30)26-21(31)13-23-25(27(26)34-22)18(11-24(32)33-23)15-5-8-19-16(10-15)2-1-9-28-19/h1-10,12-13,18,29,31H,11H2/t18-/m0/s1. The van der Waals surface area contributed by atoms with Gasteiger partial charge in [0.2, 0.25) is 0 Å². The third-order valence-corrected chi connectivity index (χ3v) is 6.11. The van der Waals surface area contributed by atoms with Crippen LogP contribution in [0.1, 0.15) is 23.5 Å². The van der Waals surface area contributed by atoms with Crippen molar-refractivity contribution in [1.29, 1.82) is 0 Å². The number of rotatable bonds is 2. The van der Waals surface area contributed by atoms with Crippen molar-refractivity contribution in [3.8, 4) is 28.6 Å². The van der Waals surface area contributed by atoms with Crippen molar-refractivity contribution in [2.45, 2.75) is 12.3 Å². The molecule has 34 heavy (non-hydrogen) atoms. The summed E-state index contributed by atoms with van der Waals surface area (Å²) < 4.78 is 11.6. The van der Waals surface area contributed by atoms with Crippen LogP contribution in [0.2, 0.25) is 0 Å². The number of ether oxygens (including phenoxy) is 1. The first-order chi connectivity index (χ1) is 16.5. The number of pyridine rings is 1. The Morgan fingerprint density at radius 1 is 0.941 bits per heavy atom. The SMILES string of the molecule is O=C1C[C@@H](c2ccc3ncccc3c2)c2c(cc(O)c3c(=O)cc(-c4ccc(O)cc4)oc23)O1. The molecule has 2 aromatic heterocycles. The van der Waals surface area contributed by atoms with E-state index in [9.17, 15) is 19.8 Å². The van der Waals surface area contributed by atoms with Crippen LogP contribution in [0.15, 0.2) is 82.1 Å². The number of aromatic hydroxyl groups is 2. The second-order valence-corrected chi connectivity index (χ2v) is 8.22. The van der Waals surface area contributed by atoms with Gasteiger partial charge in [-0.15, -0.1) is 0 Å². The first kappa shape index (κ1) is 20.0. The predicted molar refractivity (Wildman–Crippen MR) is 125 cm³/mol. The number of hydrogen-bond donors (Lipinski definition) is 2. The number of phenols is 2. The Bertz CT molecular complexity index is 1670. The fourth-order valence-electron chi connectivity index (χ4n) is 4.52. The van der Waals surface area contributed by atoms with Crippen LogP contribution in [-0.4, -0.2) is 21.2 Å². The van der Waals surface area contributed by atoms with E-state index in [1.54, 1.807) is 18.3 Å². The fraction of sp³-hybridized carbons (Fsp3) is 0.0741. The van der Waals surface area contributed by atoms with E-state index < -0.39 is 17.3 Å². The molecule has 1 aliphatic heterocycles. The molecule has 1 aliphatic rings. The quantitative estimate of drug-likeness (QED) is 0.291. The van der Waals surface area contributed by atoms with Gasteiger partial charge in [0.25, 0.3) is 0 Å². The number of fused-ring (bicyclic) bond motifs is 4. The number of phenolic OH excluding ortho intramolecular Hbond substituents is 2. The fourth-order valence-corrected chi connectivity index (χ4v) is 4.52. The summed E-state index contributed by atoms with van der Waals surface area (Å²) in [6.07, 6.45) is 1.76. The van der Waals surface area contributed by atoms with Gasteiger partial charge in [-0.1, -0.05) is 12.1 Å². The Balaban J connectivity index is 1.63. The van der Waals surface area contributed by atoms with Crippen molar-refractivity contribution in [2.24, 2.45) is 0 Å². The zero-order valence-corrected chi connectivity index (χ0v) is 17.7. The van der Waals surface area contributed by atoms with Gasteiger partial charge in [-0.3, -0.25) is 14.6 Å². The van der Waals surface area contributed by atoms with Crippen LogP contribution < -0.4 is 10.2 Å². The van der Waals surface area contributed by atoms with E-state index in [1.807, 2.05) is 30.3 Å². The van der Waals surface area contributed by atoms with Crippen LogP contribution in [0, 0.1) is 0 Å². The zero-order chi connectivity index (χ0) is 23.4. The van der Waals surface area contributed by atoms with Gasteiger partial charge in [0.15, 0.2) is 5.43 Å². The number of carbonyl (C=O) groups excluding carboxylic acids is 1. The molecule has 7 nitrogen and oxygen atoms in total. The third kappa shape index (κ3) is 3.17. The molecule has 0 saturated heterocycles. The summed E-state index contributed by atoms with van der Waals surface area (Å²) in [7, 11) is 0. The Morgan fingerprint density at radius 2 is 1.76 bits per heavy atom. The molecule has 0 unspecified atom stereocenters. The van der Waals surface area contributed by atoms with E-state index in [2.05, 4.69) is 4.98 Å². The molecule has 0 aliphatic carbocycles. The minimum atomic E-state index is -0.456. The topological polar surface area (TPSA) is 110 Å². The average molecular weight is 451 g/mol. The maximum atomic E-state index is 13.0. The lowest BCUT2D eigenvalue weighted by atomic mass is 9.84. The van der Waals surface area contributed by atoms with Gasteiger partial charge >= 0.3 is 5.97 Å². The first-order valence-electron chi connectivity index (χ1n) is 10.7. The predicted octanol–water partition coefficient (Wildman–Crippen LogP) is 4.86. The van der Waals surface area contributed by atoms with E-state index >= 15 is 0 Å². The molecule has 0 radical (unpaired) electrons. The second kappa shape index (κ2) is 7.45. The number of benzene rings is 3. The maximum absolute atomic E-state index is 13.0. The maximum Gasteiger partial charge on any atom is 0.312 e. The van der Waals surface area contributed by atoms with Gasteiger partial charge in [-0.25, -0.2) is 0 Å². The van der Waals surface area contributed by atoms with Gasteiger partial charge in [0.05, 0.1) is 11.9 Å². The lowest BCUT2D eigenvalue weighted by Gasteiger charge is -2.26. The number of hydrogen-bond acceptors (Lipinski definition) is 7. The van der Waals surface area contributed by atoms with Crippen molar-refractivity contribution >= 4 is 27.8 Å². The van der Waals surface area contributed by atoms with E-state index in [4.69, 9.17) is 9.15 Å². The monoisotopic (exact) mass is 451 g/mol.